The summed E-state index contributed by atoms with van der Waals surface area (Å²) in [6.45, 7) is 0.700. The van der Waals surface area contributed by atoms with E-state index in [0.717, 1.165) is 6.42 Å². The van der Waals surface area contributed by atoms with Crippen LogP contribution >= 0.6 is 0 Å². The van der Waals surface area contributed by atoms with Gasteiger partial charge in [-0.2, -0.15) is 0 Å². The summed E-state index contributed by atoms with van der Waals surface area (Å²) in [5, 5.41) is 2.86. The highest BCUT2D eigenvalue weighted by atomic mass is 16.3. The molecule has 3 heteroatoms. The molecule has 0 fully saturated rings. The minimum atomic E-state index is -0.124. The Labute approximate surface area is 95.5 Å². The molecule has 1 aromatic heterocycles. The first kappa shape index (κ1) is 11.0. The highest BCUT2D eigenvalue weighted by molar-refractivity contribution is 5.91. The van der Waals surface area contributed by atoms with E-state index in [9.17, 15) is 4.79 Å². The number of allylic oxidation sites excluding steroid dienone is 1. The van der Waals surface area contributed by atoms with Crippen molar-refractivity contribution in [1.29, 1.82) is 0 Å². The Hall–Kier alpha value is -1.51. The van der Waals surface area contributed by atoms with Crippen molar-refractivity contribution < 1.29 is 9.21 Å². The molecule has 0 aromatic carbocycles. The molecule has 0 saturated heterocycles. The van der Waals surface area contributed by atoms with Crippen LogP contribution in [0.3, 0.4) is 0 Å². The predicted molar refractivity (Wildman–Crippen MR) is 62.2 cm³/mol. The normalized spacial score (nSPS) is 15.6. The number of amides is 1. The molecule has 0 atom stereocenters. The van der Waals surface area contributed by atoms with E-state index in [4.69, 9.17) is 4.42 Å². The first-order valence-electron chi connectivity index (χ1n) is 5.86. The summed E-state index contributed by atoms with van der Waals surface area (Å²) in [5.74, 6) is 0.263. The minimum Gasteiger partial charge on any atom is -0.459 e. The molecule has 0 saturated carbocycles. The maximum atomic E-state index is 11.5. The van der Waals surface area contributed by atoms with Crippen molar-refractivity contribution in [3.05, 3.63) is 35.8 Å². The van der Waals surface area contributed by atoms with Gasteiger partial charge in [-0.05, 0) is 44.2 Å². The zero-order valence-electron chi connectivity index (χ0n) is 9.37. The Bertz CT molecular complexity index is 365. The van der Waals surface area contributed by atoms with Crippen LogP contribution in [0.2, 0.25) is 0 Å². The van der Waals surface area contributed by atoms with Crippen molar-refractivity contribution in [3.8, 4) is 0 Å². The average molecular weight is 219 g/mol. The van der Waals surface area contributed by atoms with E-state index < -0.39 is 0 Å². The number of carbonyl (C=O) groups excluding carboxylic acids is 1. The fraction of sp³-hybridized carbons (Fsp3) is 0.462. The molecule has 1 aliphatic rings. The van der Waals surface area contributed by atoms with Crippen LogP contribution in [0.1, 0.15) is 42.7 Å². The fourth-order valence-electron chi connectivity index (χ4n) is 1.96. The lowest BCUT2D eigenvalue weighted by Gasteiger charge is -2.12. The molecule has 0 bridgehead atoms. The Balaban J connectivity index is 1.72. The summed E-state index contributed by atoms with van der Waals surface area (Å²) in [6.07, 6.45) is 9.77. The van der Waals surface area contributed by atoms with Gasteiger partial charge in [-0.25, -0.2) is 0 Å². The zero-order chi connectivity index (χ0) is 11.2. The van der Waals surface area contributed by atoms with E-state index in [1.165, 1.54) is 37.5 Å². The Morgan fingerprint density at radius 3 is 3.06 bits per heavy atom. The number of hydrogen-bond donors (Lipinski definition) is 1. The van der Waals surface area contributed by atoms with Crippen LogP contribution in [-0.2, 0) is 0 Å². The van der Waals surface area contributed by atoms with Crippen LogP contribution in [0, 0.1) is 0 Å². The van der Waals surface area contributed by atoms with Gasteiger partial charge >= 0.3 is 0 Å². The summed E-state index contributed by atoms with van der Waals surface area (Å²) < 4.78 is 5.01. The molecule has 0 unspecified atom stereocenters. The SMILES string of the molecule is O=C(NCCC1=CCCCC1)c1ccco1. The van der Waals surface area contributed by atoms with Gasteiger partial charge in [-0.1, -0.05) is 11.6 Å². The smallest absolute Gasteiger partial charge is 0.286 e. The van der Waals surface area contributed by atoms with Crippen molar-refractivity contribution in [2.45, 2.75) is 32.1 Å². The van der Waals surface area contributed by atoms with Crippen molar-refractivity contribution in [2.75, 3.05) is 6.54 Å². The first-order chi connectivity index (χ1) is 7.86. The third kappa shape index (κ3) is 2.99. The molecule has 2 rings (SSSR count). The quantitative estimate of drug-likeness (QED) is 0.791. The lowest BCUT2D eigenvalue weighted by atomic mass is 9.97. The molecule has 1 N–H and O–H groups in total. The third-order valence-electron chi connectivity index (χ3n) is 2.86. The standard InChI is InChI=1S/C13H17NO2/c15-13(12-7-4-10-16-12)14-9-8-11-5-2-1-3-6-11/h4-5,7,10H,1-3,6,8-9H2,(H,14,15). The molecule has 0 aliphatic heterocycles. The average Bonchev–Trinajstić information content (AvgIpc) is 2.84. The molecule has 16 heavy (non-hydrogen) atoms. The van der Waals surface area contributed by atoms with Crippen molar-refractivity contribution in [1.82, 2.24) is 5.32 Å². The topological polar surface area (TPSA) is 42.2 Å². The largest absolute Gasteiger partial charge is 0.459 e. The highest BCUT2D eigenvalue weighted by Gasteiger charge is 2.08. The van der Waals surface area contributed by atoms with Crippen LogP contribution < -0.4 is 5.32 Å². The van der Waals surface area contributed by atoms with Crippen LogP contribution in [0.15, 0.2) is 34.5 Å². The van der Waals surface area contributed by atoms with E-state index in [2.05, 4.69) is 11.4 Å². The third-order valence-corrected chi connectivity index (χ3v) is 2.86. The van der Waals surface area contributed by atoms with Crippen LogP contribution in [0.25, 0.3) is 0 Å². The van der Waals surface area contributed by atoms with Gasteiger partial charge in [-0.15, -0.1) is 0 Å². The van der Waals surface area contributed by atoms with Crippen molar-refractivity contribution in [3.63, 3.8) is 0 Å². The van der Waals surface area contributed by atoms with Crippen molar-refractivity contribution >= 4 is 5.91 Å². The van der Waals surface area contributed by atoms with Crippen LogP contribution in [-0.4, -0.2) is 12.5 Å². The van der Waals surface area contributed by atoms with E-state index in [0.29, 0.717) is 12.3 Å². The second-order valence-corrected chi connectivity index (χ2v) is 4.09. The van der Waals surface area contributed by atoms with Gasteiger partial charge in [0.25, 0.3) is 5.91 Å². The first-order valence-corrected chi connectivity index (χ1v) is 5.86. The van der Waals surface area contributed by atoms with Gasteiger partial charge in [0.15, 0.2) is 5.76 Å². The Kier molecular flexibility index (Phi) is 3.81. The fourth-order valence-corrected chi connectivity index (χ4v) is 1.96. The second-order valence-electron chi connectivity index (χ2n) is 4.09. The monoisotopic (exact) mass is 219 g/mol. The van der Waals surface area contributed by atoms with Gasteiger partial charge in [-0.3, -0.25) is 4.79 Å². The summed E-state index contributed by atoms with van der Waals surface area (Å²) >= 11 is 0. The Morgan fingerprint density at radius 2 is 2.38 bits per heavy atom. The maximum absolute atomic E-state index is 11.5. The van der Waals surface area contributed by atoms with Crippen LogP contribution in [0.4, 0.5) is 0 Å². The second kappa shape index (κ2) is 5.54. The number of furan rings is 1. The molecule has 0 spiro atoms. The Morgan fingerprint density at radius 1 is 1.44 bits per heavy atom. The highest BCUT2D eigenvalue weighted by Crippen LogP contribution is 2.19. The molecule has 1 aromatic rings. The lowest BCUT2D eigenvalue weighted by molar-refractivity contribution is 0.0926. The van der Waals surface area contributed by atoms with E-state index >= 15 is 0 Å². The van der Waals surface area contributed by atoms with E-state index in [1.54, 1.807) is 12.1 Å². The van der Waals surface area contributed by atoms with Crippen LogP contribution in [0.5, 0.6) is 0 Å². The van der Waals surface area contributed by atoms with Gasteiger partial charge in [0.05, 0.1) is 6.26 Å². The number of nitrogens with one attached hydrogen (secondary N) is 1. The van der Waals surface area contributed by atoms with Gasteiger partial charge in [0.2, 0.25) is 0 Å². The lowest BCUT2D eigenvalue weighted by Crippen LogP contribution is -2.24. The molecule has 1 amide bonds. The zero-order valence-corrected chi connectivity index (χ0v) is 9.37. The summed E-state index contributed by atoms with van der Waals surface area (Å²) in [5.41, 5.74) is 1.48. The molecule has 0 radical (unpaired) electrons. The molecule has 86 valence electrons. The van der Waals surface area contributed by atoms with Gasteiger partial charge in [0, 0.05) is 6.54 Å². The number of hydrogen-bond acceptors (Lipinski definition) is 2. The molecular formula is C13H17NO2. The minimum absolute atomic E-state index is 0.124. The predicted octanol–water partition coefficient (Wildman–Crippen LogP) is 2.90. The number of rotatable bonds is 4. The molecule has 1 heterocycles. The number of carbonyl (C=O) groups is 1. The maximum Gasteiger partial charge on any atom is 0.286 e. The van der Waals surface area contributed by atoms with E-state index in [1.807, 2.05) is 0 Å². The van der Waals surface area contributed by atoms with E-state index in [-0.39, 0.29) is 5.91 Å². The van der Waals surface area contributed by atoms with Crippen molar-refractivity contribution in [2.24, 2.45) is 0 Å². The summed E-state index contributed by atoms with van der Waals surface area (Å²) in [7, 11) is 0. The van der Waals surface area contributed by atoms with Gasteiger partial charge < -0.3 is 9.73 Å². The molecule has 1 aliphatic carbocycles. The summed E-state index contributed by atoms with van der Waals surface area (Å²) in [4.78, 5) is 11.5. The van der Waals surface area contributed by atoms with Gasteiger partial charge in [0.1, 0.15) is 0 Å². The summed E-state index contributed by atoms with van der Waals surface area (Å²) in [6, 6.07) is 3.40. The molecule has 3 nitrogen and oxygen atoms in total. The molecular weight excluding hydrogens is 202 g/mol.